The Morgan fingerprint density at radius 1 is 0.917 bits per heavy atom. The molecule has 0 aliphatic heterocycles. The minimum atomic E-state index is -0.475. The van der Waals surface area contributed by atoms with Gasteiger partial charge in [0, 0.05) is 12.5 Å². The van der Waals surface area contributed by atoms with Crippen LogP contribution in [0, 0.1) is 0 Å². The zero-order chi connectivity index (χ0) is 18.4. The summed E-state index contributed by atoms with van der Waals surface area (Å²) in [5.74, 6) is -0.229. The Kier molecular flexibility index (Phi) is 12.7. The van der Waals surface area contributed by atoms with Crippen LogP contribution in [0.4, 0.5) is 0 Å². The summed E-state index contributed by atoms with van der Waals surface area (Å²) in [6.07, 6.45) is 12.0. The van der Waals surface area contributed by atoms with Crippen molar-refractivity contribution in [3.8, 4) is 0 Å². The average Bonchev–Trinajstić information content (AvgIpc) is 2.43. The van der Waals surface area contributed by atoms with Crippen molar-refractivity contribution < 1.29 is 14.3 Å². The van der Waals surface area contributed by atoms with E-state index < -0.39 is 5.60 Å². The van der Waals surface area contributed by atoms with Gasteiger partial charge < -0.3 is 10.1 Å². The molecule has 0 saturated heterocycles. The number of nitrogens with one attached hydrogen (secondary N) is 1. The molecule has 1 N–H and O–H groups in total. The van der Waals surface area contributed by atoms with Crippen molar-refractivity contribution in [2.24, 2.45) is 0 Å². The second kappa shape index (κ2) is 13.3. The maximum absolute atomic E-state index is 11.9. The highest BCUT2D eigenvalue weighted by Crippen LogP contribution is 2.11. The van der Waals surface area contributed by atoms with Crippen LogP contribution < -0.4 is 5.32 Å². The largest absolute Gasteiger partial charge is 0.460 e. The number of hydrogen-bond donors (Lipinski definition) is 1. The number of rotatable bonds is 13. The Morgan fingerprint density at radius 3 is 1.92 bits per heavy atom. The third kappa shape index (κ3) is 15.8. The molecule has 0 bridgehead atoms. The highest BCUT2D eigenvalue weighted by atomic mass is 16.6. The maximum Gasteiger partial charge on any atom is 0.308 e. The summed E-state index contributed by atoms with van der Waals surface area (Å²) in [7, 11) is 0. The Morgan fingerprint density at radius 2 is 1.42 bits per heavy atom. The van der Waals surface area contributed by atoms with Crippen LogP contribution in [-0.2, 0) is 14.3 Å². The van der Waals surface area contributed by atoms with E-state index in [4.69, 9.17) is 4.74 Å². The van der Waals surface area contributed by atoms with Crippen LogP contribution in [0.25, 0.3) is 0 Å². The number of esters is 1. The standard InChI is InChI=1S/C20H39NO3/c1-6-7-8-9-10-11-12-13-14-15-18(22)21-17(2)16-19(23)24-20(3,4)5/h17H,6-16H2,1-5H3,(H,21,22)/t17-/m1/s1. The van der Waals surface area contributed by atoms with E-state index in [1.807, 2.05) is 27.7 Å². The van der Waals surface area contributed by atoms with Crippen LogP contribution in [-0.4, -0.2) is 23.5 Å². The summed E-state index contributed by atoms with van der Waals surface area (Å²) in [5, 5.41) is 2.88. The fourth-order valence-corrected chi connectivity index (χ4v) is 2.63. The first kappa shape index (κ1) is 22.9. The lowest BCUT2D eigenvalue weighted by Crippen LogP contribution is -2.36. The molecule has 1 atom stereocenters. The zero-order valence-electron chi connectivity index (χ0n) is 16.6. The van der Waals surface area contributed by atoms with E-state index in [2.05, 4.69) is 12.2 Å². The second-order valence-electron chi connectivity index (χ2n) is 7.84. The normalized spacial score (nSPS) is 12.7. The molecule has 4 heteroatoms. The van der Waals surface area contributed by atoms with Crippen molar-refractivity contribution in [1.82, 2.24) is 5.32 Å². The van der Waals surface area contributed by atoms with Crippen LogP contribution in [0.15, 0.2) is 0 Å². The SMILES string of the molecule is CCCCCCCCCCCC(=O)N[C@H](C)CC(=O)OC(C)(C)C. The van der Waals surface area contributed by atoms with Gasteiger partial charge in [-0.25, -0.2) is 0 Å². The van der Waals surface area contributed by atoms with Crippen LogP contribution in [0.1, 0.15) is 105 Å². The van der Waals surface area contributed by atoms with Gasteiger partial charge in [0.2, 0.25) is 5.91 Å². The molecular formula is C20H39NO3. The summed E-state index contributed by atoms with van der Waals surface area (Å²) in [5.41, 5.74) is -0.475. The van der Waals surface area contributed by atoms with Crippen molar-refractivity contribution in [3.05, 3.63) is 0 Å². The summed E-state index contributed by atoms with van der Waals surface area (Å²) >= 11 is 0. The minimum Gasteiger partial charge on any atom is -0.460 e. The van der Waals surface area contributed by atoms with Gasteiger partial charge in [-0.3, -0.25) is 9.59 Å². The Bertz CT molecular complexity index is 347. The molecular weight excluding hydrogens is 302 g/mol. The molecule has 0 aliphatic carbocycles. The zero-order valence-corrected chi connectivity index (χ0v) is 16.6. The molecule has 0 aromatic rings. The van der Waals surface area contributed by atoms with Crippen LogP contribution >= 0.6 is 0 Å². The fraction of sp³-hybridized carbons (Fsp3) is 0.900. The van der Waals surface area contributed by atoms with Crippen LogP contribution in [0.5, 0.6) is 0 Å². The Labute approximate surface area is 149 Å². The monoisotopic (exact) mass is 341 g/mol. The highest BCUT2D eigenvalue weighted by Gasteiger charge is 2.19. The van der Waals surface area contributed by atoms with E-state index >= 15 is 0 Å². The van der Waals surface area contributed by atoms with E-state index in [-0.39, 0.29) is 24.3 Å². The molecule has 0 aromatic heterocycles. The first-order valence-corrected chi connectivity index (χ1v) is 9.75. The van der Waals surface area contributed by atoms with Gasteiger partial charge in [-0.1, -0.05) is 58.3 Å². The summed E-state index contributed by atoms with van der Waals surface area (Å²) < 4.78 is 5.26. The molecule has 0 unspecified atom stereocenters. The number of ether oxygens (including phenoxy) is 1. The predicted octanol–water partition coefficient (Wildman–Crippen LogP) is 5.14. The molecule has 0 heterocycles. The van der Waals surface area contributed by atoms with E-state index in [0.717, 1.165) is 12.8 Å². The van der Waals surface area contributed by atoms with Crippen molar-refractivity contribution in [2.75, 3.05) is 0 Å². The summed E-state index contributed by atoms with van der Waals surface area (Å²) in [6.45, 7) is 9.62. The quantitative estimate of drug-likeness (QED) is 0.372. The van der Waals surface area contributed by atoms with E-state index in [1.54, 1.807) is 0 Å². The third-order valence-electron chi connectivity index (χ3n) is 3.81. The summed E-state index contributed by atoms with van der Waals surface area (Å²) in [4.78, 5) is 23.6. The lowest BCUT2D eigenvalue weighted by atomic mass is 10.1. The number of carbonyl (C=O) groups excluding carboxylic acids is 2. The Hall–Kier alpha value is -1.06. The molecule has 0 saturated carbocycles. The molecule has 142 valence electrons. The van der Waals surface area contributed by atoms with E-state index in [9.17, 15) is 9.59 Å². The smallest absolute Gasteiger partial charge is 0.308 e. The second-order valence-corrected chi connectivity index (χ2v) is 7.84. The van der Waals surface area contributed by atoms with Crippen molar-refractivity contribution >= 4 is 11.9 Å². The first-order valence-electron chi connectivity index (χ1n) is 9.75. The number of hydrogen-bond acceptors (Lipinski definition) is 3. The lowest BCUT2D eigenvalue weighted by molar-refractivity contribution is -0.155. The van der Waals surface area contributed by atoms with Crippen LogP contribution in [0.3, 0.4) is 0 Å². The molecule has 0 radical (unpaired) electrons. The van der Waals surface area contributed by atoms with E-state index in [1.165, 1.54) is 44.9 Å². The minimum absolute atomic E-state index is 0.0361. The highest BCUT2D eigenvalue weighted by molar-refractivity contribution is 5.77. The molecule has 0 spiro atoms. The summed E-state index contributed by atoms with van der Waals surface area (Å²) in [6, 6.07) is -0.175. The van der Waals surface area contributed by atoms with Gasteiger partial charge in [-0.2, -0.15) is 0 Å². The number of amides is 1. The van der Waals surface area contributed by atoms with Gasteiger partial charge in [-0.05, 0) is 34.1 Å². The lowest BCUT2D eigenvalue weighted by Gasteiger charge is -2.21. The van der Waals surface area contributed by atoms with Gasteiger partial charge in [-0.15, -0.1) is 0 Å². The molecule has 4 nitrogen and oxygen atoms in total. The van der Waals surface area contributed by atoms with Crippen molar-refractivity contribution in [2.45, 2.75) is 117 Å². The fourth-order valence-electron chi connectivity index (χ4n) is 2.63. The Balaban J connectivity index is 3.59. The molecule has 1 amide bonds. The molecule has 0 aromatic carbocycles. The number of unbranched alkanes of at least 4 members (excludes halogenated alkanes) is 8. The van der Waals surface area contributed by atoms with Gasteiger partial charge in [0.05, 0.1) is 6.42 Å². The number of carbonyl (C=O) groups is 2. The van der Waals surface area contributed by atoms with Crippen LogP contribution in [0.2, 0.25) is 0 Å². The van der Waals surface area contributed by atoms with Gasteiger partial charge in [0.1, 0.15) is 5.60 Å². The van der Waals surface area contributed by atoms with Gasteiger partial charge in [0.15, 0.2) is 0 Å². The average molecular weight is 342 g/mol. The van der Waals surface area contributed by atoms with Gasteiger partial charge in [0.25, 0.3) is 0 Å². The van der Waals surface area contributed by atoms with Crippen molar-refractivity contribution in [1.29, 1.82) is 0 Å². The molecule has 0 aliphatic rings. The first-order chi connectivity index (χ1) is 11.2. The molecule has 0 fully saturated rings. The predicted molar refractivity (Wildman–Crippen MR) is 99.9 cm³/mol. The topological polar surface area (TPSA) is 55.4 Å². The van der Waals surface area contributed by atoms with E-state index in [0.29, 0.717) is 6.42 Å². The van der Waals surface area contributed by atoms with Crippen molar-refractivity contribution in [3.63, 3.8) is 0 Å². The van der Waals surface area contributed by atoms with Gasteiger partial charge >= 0.3 is 5.97 Å². The molecule has 24 heavy (non-hydrogen) atoms. The third-order valence-corrected chi connectivity index (χ3v) is 3.81. The molecule has 0 rings (SSSR count). The maximum atomic E-state index is 11.9.